The lowest BCUT2D eigenvalue weighted by molar-refractivity contribution is -0.156. The molecule has 0 rings (SSSR count). The van der Waals surface area contributed by atoms with Gasteiger partial charge in [0.1, 0.15) is 16.6 Å². The zero-order chi connectivity index (χ0) is 21.4. The van der Waals surface area contributed by atoms with Gasteiger partial charge in [0.05, 0.1) is 11.2 Å². The molecule has 0 saturated heterocycles. The molecule has 0 fully saturated rings. The summed E-state index contributed by atoms with van der Waals surface area (Å²) in [6, 6.07) is -0.314. The molecule has 0 heterocycles. The molecular weight excluding hydrogens is 358 g/mol. The molecule has 0 aromatic rings. The molecule has 27 heavy (non-hydrogen) atoms. The Labute approximate surface area is 169 Å². The van der Waals surface area contributed by atoms with Crippen LogP contribution in [0, 0.1) is 0 Å². The molecule has 5 heteroatoms. The number of carbonyl (C=O) groups is 1. The molecule has 0 aliphatic rings. The minimum Gasteiger partial charge on any atom is -0.460 e. The number of allylic oxidation sites excluding steroid dienone is 2. The normalized spacial score (nSPS) is 16.6. The van der Waals surface area contributed by atoms with Crippen LogP contribution in [0.1, 0.15) is 74.7 Å². The van der Waals surface area contributed by atoms with E-state index in [1.165, 1.54) is 0 Å². The number of rotatable bonds is 10. The Kier molecular flexibility index (Phi) is 10.5. The summed E-state index contributed by atoms with van der Waals surface area (Å²) in [4.78, 5) is 12.5. The van der Waals surface area contributed by atoms with E-state index in [9.17, 15) is 9.00 Å². The van der Waals surface area contributed by atoms with E-state index >= 15 is 0 Å². The minimum absolute atomic E-state index is 0.118. The van der Waals surface area contributed by atoms with Gasteiger partial charge in [-0.3, -0.25) is 4.79 Å². The molecule has 0 aromatic carbocycles. The summed E-state index contributed by atoms with van der Waals surface area (Å²) in [5.74, 6) is -0.270. The summed E-state index contributed by atoms with van der Waals surface area (Å²) in [7, 11) is -1.30. The average Bonchev–Trinajstić information content (AvgIpc) is 2.53. The molecule has 0 aliphatic heterocycles. The zero-order valence-corrected chi connectivity index (χ0v) is 19.3. The second-order valence-corrected chi connectivity index (χ2v) is 10.7. The number of carbonyl (C=O) groups excluding carboxylic acids is 1. The van der Waals surface area contributed by atoms with Crippen molar-refractivity contribution in [2.45, 2.75) is 97.1 Å². The Morgan fingerprint density at radius 1 is 1.11 bits per heavy atom. The van der Waals surface area contributed by atoms with Crippen molar-refractivity contribution in [2.75, 3.05) is 0 Å². The lowest BCUT2D eigenvalue weighted by Crippen LogP contribution is -2.50. The summed E-state index contributed by atoms with van der Waals surface area (Å²) in [5.41, 5.74) is 0.412. The molecule has 0 spiro atoms. The first-order valence-electron chi connectivity index (χ1n) is 9.69. The summed E-state index contributed by atoms with van der Waals surface area (Å²) >= 11 is 0. The van der Waals surface area contributed by atoms with Crippen molar-refractivity contribution in [2.24, 2.45) is 0 Å². The first kappa shape index (κ1) is 25.8. The predicted molar refractivity (Wildman–Crippen MR) is 117 cm³/mol. The maximum Gasteiger partial charge on any atom is 0.307 e. The Bertz CT molecular complexity index is 567. The molecule has 0 aromatic heterocycles. The van der Waals surface area contributed by atoms with Crippen molar-refractivity contribution in [1.29, 1.82) is 0 Å². The summed E-state index contributed by atoms with van der Waals surface area (Å²) < 4.78 is 20.5. The Morgan fingerprint density at radius 3 is 2.00 bits per heavy atom. The van der Waals surface area contributed by atoms with Crippen LogP contribution in [0.5, 0.6) is 0 Å². The molecule has 0 radical (unpaired) electrons. The summed E-state index contributed by atoms with van der Waals surface area (Å²) in [5, 5.41) is 0. The van der Waals surface area contributed by atoms with Crippen molar-refractivity contribution in [3.05, 3.63) is 37.0 Å². The van der Waals surface area contributed by atoms with Gasteiger partial charge in [-0.15, -0.1) is 0 Å². The van der Waals surface area contributed by atoms with Crippen LogP contribution < -0.4 is 0 Å². The Morgan fingerprint density at radius 2 is 1.67 bits per heavy atom. The highest BCUT2D eigenvalue weighted by atomic mass is 32.2. The van der Waals surface area contributed by atoms with E-state index in [0.717, 1.165) is 12.0 Å². The van der Waals surface area contributed by atoms with Crippen LogP contribution in [0.2, 0.25) is 0 Å². The fraction of sp³-hybridized carbons (Fsp3) is 0.682. The topological polar surface area (TPSA) is 46.6 Å². The summed E-state index contributed by atoms with van der Waals surface area (Å²) in [6.07, 6.45) is 7.03. The van der Waals surface area contributed by atoms with Crippen LogP contribution >= 0.6 is 0 Å². The van der Waals surface area contributed by atoms with Gasteiger partial charge in [-0.2, -0.15) is 0 Å². The number of ether oxygens (including phenoxy) is 1. The quantitative estimate of drug-likeness (QED) is 0.369. The number of hydrogen-bond acceptors (Lipinski definition) is 3. The standard InChI is InChI=1S/C22H39NO3S/c1-11-15-17(12-2)19(14-4)23(27(25)22(8,9)10)18(13-3)16-20(24)26-21(5,6)7/h11-12,15,18-19H,1-2,13-14,16H2,3-10H3/b17-15+/t18-,19-,27?/m0/s1. The lowest BCUT2D eigenvalue weighted by atomic mass is 10.0. The molecule has 156 valence electrons. The van der Waals surface area contributed by atoms with E-state index in [1.54, 1.807) is 12.2 Å². The van der Waals surface area contributed by atoms with Crippen molar-refractivity contribution >= 4 is 17.0 Å². The molecule has 0 N–H and O–H groups in total. The Balaban J connectivity index is 6.03. The Hall–Kier alpha value is -1.20. The van der Waals surface area contributed by atoms with E-state index < -0.39 is 21.3 Å². The highest BCUT2D eigenvalue weighted by Crippen LogP contribution is 2.29. The van der Waals surface area contributed by atoms with Crippen molar-refractivity contribution in [3.63, 3.8) is 0 Å². The monoisotopic (exact) mass is 397 g/mol. The van der Waals surface area contributed by atoms with Crippen molar-refractivity contribution < 1.29 is 13.7 Å². The molecule has 0 amide bonds. The fourth-order valence-corrected chi connectivity index (χ4v) is 4.45. The molecule has 0 aliphatic carbocycles. The number of esters is 1. The zero-order valence-electron chi connectivity index (χ0n) is 18.5. The molecule has 0 bridgehead atoms. The van der Waals surface area contributed by atoms with E-state index in [1.807, 2.05) is 58.8 Å². The van der Waals surface area contributed by atoms with E-state index in [-0.39, 0.29) is 24.5 Å². The minimum atomic E-state index is -1.30. The van der Waals surface area contributed by atoms with Crippen molar-refractivity contribution in [3.8, 4) is 0 Å². The van der Waals surface area contributed by atoms with Gasteiger partial charge >= 0.3 is 5.97 Å². The smallest absolute Gasteiger partial charge is 0.307 e. The average molecular weight is 398 g/mol. The van der Waals surface area contributed by atoms with Crippen molar-refractivity contribution in [1.82, 2.24) is 4.31 Å². The molecule has 0 saturated carbocycles. The van der Waals surface area contributed by atoms with Crippen LogP contribution in [0.4, 0.5) is 0 Å². The maximum atomic E-state index is 13.5. The molecule has 1 unspecified atom stereocenters. The second-order valence-electron chi connectivity index (χ2n) is 8.60. The van der Waals surface area contributed by atoms with Gasteiger partial charge < -0.3 is 4.74 Å². The maximum absolute atomic E-state index is 13.5. The van der Waals surface area contributed by atoms with Gasteiger partial charge in [-0.1, -0.05) is 45.2 Å². The van der Waals surface area contributed by atoms with Crippen LogP contribution in [-0.4, -0.2) is 36.9 Å². The highest BCUT2D eigenvalue weighted by Gasteiger charge is 2.37. The van der Waals surface area contributed by atoms with Crippen LogP contribution in [-0.2, 0) is 20.5 Å². The van der Waals surface area contributed by atoms with Gasteiger partial charge in [0.15, 0.2) is 0 Å². The SMILES string of the molecule is C=C/C=C(\C=C)[C@H](CC)N([C@@H](CC)CC(=O)OC(C)(C)C)S(=O)C(C)(C)C. The summed E-state index contributed by atoms with van der Waals surface area (Å²) in [6.45, 7) is 23.2. The van der Waals surface area contributed by atoms with Gasteiger partial charge in [0.25, 0.3) is 0 Å². The lowest BCUT2D eigenvalue weighted by Gasteiger charge is -2.40. The second kappa shape index (κ2) is 11.0. The third-order valence-corrected chi connectivity index (χ3v) is 5.98. The van der Waals surface area contributed by atoms with E-state index in [2.05, 4.69) is 20.1 Å². The molecule has 4 nitrogen and oxygen atoms in total. The van der Waals surface area contributed by atoms with Gasteiger partial charge in [0, 0.05) is 12.1 Å². The first-order chi connectivity index (χ1) is 12.3. The van der Waals surface area contributed by atoms with Crippen LogP contribution in [0.15, 0.2) is 37.0 Å². The van der Waals surface area contributed by atoms with Gasteiger partial charge in [-0.05, 0) is 60.0 Å². The predicted octanol–water partition coefficient (Wildman–Crippen LogP) is 5.34. The van der Waals surface area contributed by atoms with Crippen LogP contribution in [0.25, 0.3) is 0 Å². The third kappa shape index (κ3) is 8.56. The number of nitrogens with zero attached hydrogens (tertiary/aromatic N) is 1. The molecular formula is C22H39NO3S. The fourth-order valence-electron chi connectivity index (χ4n) is 2.83. The third-order valence-electron chi connectivity index (χ3n) is 3.99. The van der Waals surface area contributed by atoms with E-state index in [0.29, 0.717) is 6.42 Å². The largest absolute Gasteiger partial charge is 0.460 e. The van der Waals surface area contributed by atoms with Crippen LogP contribution in [0.3, 0.4) is 0 Å². The van der Waals surface area contributed by atoms with E-state index in [4.69, 9.17) is 4.74 Å². The first-order valence-corrected chi connectivity index (χ1v) is 10.8. The van der Waals surface area contributed by atoms with Gasteiger partial charge in [-0.25, -0.2) is 8.51 Å². The highest BCUT2D eigenvalue weighted by molar-refractivity contribution is 7.84. The molecule has 3 atom stereocenters. The van der Waals surface area contributed by atoms with Gasteiger partial charge in [0.2, 0.25) is 0 Å². The number of hydrogen-bond donors (Lipinski definition) is 0.